The minimum absolute atomic E-state index is 0.0245. The molecular weight excluding hydrogens is 424 g/mol. The highest BCUT2D eigenvalue weighted by Crippen LogP contribution is 2.33. The zero-order valence-corrected chi connectivity index (χ0v) is 18.8. The number of rotatable bonds is 7. The van der Waals surface area contributed by atoms with E-state index in [4.69, 9.17) is 14.5 Å². The van der Waals surface area contributed by atoms with Crippen molar-refractivity contribution in [1.82, 2.24) is 4.68 Å². The van der Waals surface area contributed by atoms with Gasteiger partial charge >= 0.3 is 0 Å². The van der Waals surface area contributed by atoms with Crippen LogP contribution in [0.5, 0.6) is 11.5 Å². The zero-order valence-electron chi connectivity index (χ0n) is 18.0. The molecule has 2 aromatic carbocycles. The Kier molecular flexibility index (Phi) is 6.13. The van der Waals surface area contributed by atoms with Gasteiger partial charge in [0, 0.05) is 16.5 Å². The van der Waals surface area contributed by atoms with E-state index in [9.17, 15) is 4.79 Å². The second-order valence-electron chi connectivity index (χ2n) is 7.38. The minimum Gasteiger partial charge on any atom is -0.497 e. The van der Waals surface area contributed by atoms with Gasteiger partial charge in [-0.15, -0.1) is 11.3 Å². The van der Waals surface area contributed by atoms with Crippen LogP contribution in [0.3, 0.4) is 0 Å². The van der Waals surface area contributed by atoms with Crippen LogP contribution in [0, 0.1) is 0 Å². The van der Waals surface area contributed by atoms with E-state index in [1.54, 1.807) is 7.11 Å². The molecule has 1 aliphatic heterocycles. The molecule has 7 nitrogen and oxygen atoms in total. The summed E-state index contributed by atoms with van der Waals surface area (Å²) in [5, 5.41) is 4.87. The molecule has 3 aromatic rings. The third-order valence-corrected chi connectivity index (χ3v) is 5.63. The van der Waals surface area contributed by atoms with Crippen molar-refractivity contribution in [3.8, 4) is 22.8 Å². The Hall–Kier alpha value is -3.78. The fourth-order valence-electron chi connectivity index (χ4n) is 3.19. The van der Waals surface area contributed by atoms with Gasteiger partial charge in [-0.25, -0.2) is 4.68 Å². The molecule has 0 unspecified atom stereocenters. The molecule has 0 aliphatic carbocycles. The van der Waals surface area contributed by atoms with E-state index < -0.39 is 0 Å². The number of thiazole rings is 1. The molecule has 0 saturated heterocycles. The Morgan fingerprint density at radius 2 is 2.16 bits per heavy atom. The molecule has 0 radical (unpaired) electrons. The number of carbonyl (C=O) groups is 1. The molecule has 2 heterocycles. The number of hydrogen-bond acceptors (Lipinski definition) is 6. The smallest absolute Gasteiger partial charge is 0.262 e. The van der Waals surface area contributed by atoms with Gasteiger partial charge in [-0.05, 0) is 37.3 Å². The number of nitrogens with zero attached hydrogens (tertiary/aromatic N) is 2. The standard InChI is InChI=1S/C24H24N4O3S/c1-15(2)12-25-24-28(27-16(3)17-6-5-7-19(10-17)30-4)21(14-32-24)18-8-9-22-20(11-18)26-23(29)13-31-22/h5-11,14,27H,1,3,12-13H2,2,4H3,(H,26,29). The lowest BCUT2D eigenvalue weighted by Crippen LogP contribution is -2.26. The summed E-state index contributed by atoms with van der Waals surface area (Å²) in [5.74, 6) is 1.23. The topological polar surface area (TPSA) is 76.9 Å². The molecule has 0 saturated carbocycles. The maximum absolute atomic E-state index is 11.8. The van der Waals surface area contributed by atoms with Gasteiger partial charge in [-0.3, -0.25) is 15.2 Å². The maximum Gasteiger partial charge on any atom is 0.262 e. The van der Waals surface area contributed by atoms with E-state index in [2.05, 4.69) is 23.9 Å². The molecule has 0 spiro atoms. The number of carbonyl (C=O) groups excluding carboxylic acids is 1. The number of benzene rings is 2. The first kappa shape index (κ1) is 21.5. The highest BCUT2D eigenvalue weighted by atomic mass is 32.1. The van der Waals surface area contributed by atoms with E-state index in [1.165, 1.54) is 11.3 Å². The third kappa shape index (κ3) is 4.60. The molecule has 8 heteroatoms. The maximum atomic E-state index is 11.8. The Labute approximate surface area is 190 Å². The third-order valence-electron chi connectivity index (χ3n) is 4.77. The van der Waals surface area contributed by atoms with Crippen molar-refractivity contribution < 1.29 is 14.3 Å². The Bertz CT molecular complexity index is 1270. The van der Waals surface area contributed by atoms with E-state index >= 15 is 0 Å². The highest BCUT2D eigenvalue weighted by Gasteiger charge is 2.18. The Morgan fingerprint density at radius 1 is 1.31 bits per heavy atom. The zero-order chi connectivity index (χ0) is 22.7. The molecule has 0 bridgehead atoms. The van der Waals surface area contributed by atoms with E-state index in [-0.39, 0.29) is 12.5 Å². The first-order valence-corrected chi connectivity index (χ1v) is 10.9. The number of aromatic nitrogens is 1. The van der Waals surface area contributed by atoms with Crippen molar-refractivity contribution in [3.05, 3.63) is 76.9 Å². The van der Waals surface area contributed by atoms with E-state index in [0.717, 1.165) is 32.9 Å². The van der Waals surface area contributed by atoms with Crippen molar-refractivity contribution in [2.45, 2.75) is 6.92 Å². The first-order chi connectivity index (χ1) is 15.4. The average Bonchev–Trinajstić information content (AvgIpc) is 3.19. The monoisotopic (exact) mass is 448 g/mol. The van der Waals surface area contributed by atoms with Crippen molar-refractivity contribution in [2.24, 2.45) is 4.99 Å². The predicted octanol–water partition coefficient (Wildman–Crippen LogP) is 4.25. The summed E-state index contributed by atoms with van der Waals surface area (Å²) in [5.41, 5.74) is 8.34. The molecular formula is C24H24N4O3S. The quantitative estimate of drug-likeness (QED) is 0.530. The number of anilines is 1. The number of fused-ring (bicyclic) bond motifs is 1. The predicted molar refractivity (Wildman–Crippen MR) is 129 cm³/mol. The number of ether oxygens (including phenoxy) is 2. The van der Waals surface area contributed by atoms with Crippen LogP contribution in [-0.2, 0) is 4.79 Å². The molecule has 32 heavy (non-hydrogen) atoms. The normalized spacial score (nSPS) is 13.1. The number of amides is 1. The summed E-state index contributed by atoms with van der Waals surface area (Å²) in [7, 11) is 1.63. The van der Waals surface area contributed by atoms with Gasteiger partial charge in [0.1, 0.15) is 11.5 Å². The van der Waals surface area contributed by atoms with Crippen LogP contribution in [-0.4, -0.2) is 30.8 Å². The lowest BCUT2D eigenvalue weighted by atomic mass is 10.1. The highest BCUT2D eigenvalue weighted by molar-refractivity contribution is 7.07. The van der Waals surface area contributed by atoms with Crippen molar-refractivity contribution >= 4 is 28.6 Å². The molecule has 2 N–H and O–H groups in total. The summed E-state index contributed by atoms with van der Waals surface area (Å²) in [6, 6.07) is 13.4. The summed E-state index contributed by atoms with van der Waals surface area (Å²) >= 11 is 1.50. The second-order valence-corrected chi connectivity index (χ2v) is 8.22. The molecule has 1 amide bonds. The number of nitrogens with one attached hydrogen (secondary N) is 2. The van der Waals surface area contributed by atoms with Crippen LogP contribution in [0.4, 0.5) is 5.69 Å². The molecule has 0 fully saturated rings. The largest absolute Gasteiger partial charge is 0.497 e. The van der Waals surface area contributed by atoms with Gasteiger partial charge in [0.25, 0.3) is 5.91 Å². The van der Waals surface area contributed by atoms with Crippen LogP contribution >= 0.6 is 11.3 Å². The van der Waals surface area contributed by atoms with Crippen LogP contribution in [0.2, 0.25) is 0 Å². The molecule has 1 aliphatic rings. The molecule has 1 aromatic heterocycles. The van der Waals surface area contributed by atoms with Gasteiger partial charge in [-0.2, -0.15) is 0 Å². The fraction of sp³-hybridized carbons (Fsp3) is 0.167. The Morgan fingerprint density at radius 3 is 2.94 bits per heavy atom. The average molecular weight is 449 g/mol. The minimum atomic E-state index is -0.172. The Balaban J connectivity index is 1.75. The molecule has 164 valence electrons. The molecule has 4 rings (SSSR count). The summed E-state index contributed by atoms with van der Waals surface area (Å²) in [6.07, 6.45) is 0. The van der Waals surface area contributed by atoms with Crippen molar-refractivity contribution in [1.29, 1.82) is 0 Å². The van der Waals surface area contributed by atoms with E-state index in [0.29, 0.717) is 23.7 Å². The van der Waals surface area contributed by atoms with Crippen molar-refractivity contribution in [2.75, 3.05) is 31.0 Å². The lowest BCUT2D eigenvalue weighted by Gasteiger charge is -2.19. The van der Waals surface area contributed by atoms with Crippen LogP contribution in [0.25, 0.3) is 17.0 Å². The summed E-state index contributed by atoms with van der Waals surface area (Å²) in [4.78, 5) is 17.2. The van der Waals surface area contributed by atoms with Crippen LogP contribution in [0.15, 0.2) is 71.6 Å². The van der Waals surface area contributed by atoms with Crippen LogP contribution < -0.4 is 25.0 Å². The fourth-order valence-corrected chi connectivity index (χ4v) is 4.03. The molecule has 0 atom stereocenters. The number of hydrogen-bond donors (Lipinski definition) is 2. The second kappa shape index (κ2) is 9.15. The van der Waals surface area contributed by atoms with Gasteiger partial charge in [0.2, 0.25) is 4.80 Å². The van der Waals surface area contributed by atoms with Gasteiger partial charge in [0.15, 0.2) is 6.61 Å². The van der Waals surface area contributed by atoms with Gasteiger partial charge in [0.05, 0.1) is 30.7 Å². The number of methoxy groups -OCH3 is 1. The lowest BCUT2D eigenvalue weighted by molar-refractivity contribution is -0.118. The van der Waals surface area contributed by atoms with Crippen molar-refractivity contribution in [3.63, 3.8) is 0 Å². The first-order valence-electron chi connectivity index (χ1n) is 9.97. The van der Waals surface area contributed by atoms with Crippen LogP contribution in [0.1, 0.15) is 12.5 Å². The van der Waals surface area contributed by atoms with Gasteiger partial charge < -0.3 is 14.8 Å². The summed E-state index contributed by atoms with van der Waals surface area (Å²) in [6.45, 7) is 10.6. The summed E-state index contributed by atoms with van der Waals surface area (Å²) < 4.78 is 12.7. The van der Waals surface area contributed by atoms with Gasteiger partial charge in [-0.1, -0.05) is 30.9 Å². The van der Waals surface area contributed by atoms with E-state index in [1.807, 2.05) is 59.4 Å². The SMILES string of the molecule is C=C(C)CN=c1scc(-c2ccc3c(c2)NC(=O)CO3)n1NC(=C)c1cccc(OC)c1.